The van der Waals surface area contributed by atoms with Crippen molar-refractivity contribution in [3.8, 4) is 0 Å². The summed E-state index contributed by atoms with van der Waals surface area (Å²) < 4.78 is 0. The maximum Gasteiger partial charge on any atom is 0.326 e. The van der Waals surface area contributed by atoms with Crippen LogP contribution in [0.2, 0.25) is 0 Å². The second kappa shape index (κ2) is 21.4. The number of aromatic amines is 1. The molecule has 18 heteroatoms. The zero-order valence-electron chi connectivity index (χ0n) is 32.1. The highest BCUT2D eigenvalue weighted by Crippen LogP contribution is 2.20. The van der Waals surface area contributed by atoms with E-state index in [1.807, 2.05) is 39.0 Å². The third-order valence-electron chi connectivity index (χ3n) is 9.63. The second-order valence-corrected chi connectivity index (χ2v) is 14.2. The Morgan fingerprint density at radius 1 is 0.709 bits per heavy atom. The van der Waals surface area contributed by atoms with Crippen LogP contribution in [0, 0.1) is 17.8 Å². The van der Waals surface area contributed by atoms with Crippen molar-refractivity contribution >= 4 is 58.3 Å². The Balaban J connectivity index is 2.47. The highest BCUT2D eigenvalue weighted by atomic mass is 16.4. The summed E-state index contributed by atoms with van der Waals surface area (Å²) in [5, 5.41) is 32.3. The number of hydrogen-bond donors (Lipinski definition) is 10. The van der Waals surface area contributed by atoms with Crippen molar-refractivity contribution in [1.82, 2.24) is 31.6 Å². The summed E-state index contributed by atoms with van der Waals surface area (Å²) in [4.78, 5) is 106. The first-order valence-electron chi connectivity index (χ1n) is 18.4. The molecular formula is C37H56N8O10. The molecule has 8 atom stereocenters. The van der Waals surface area contributed by atoms with Crippen LogP contribution >= 0.6 is 0 Å². The number of nitrogens with two attached hydrogens (primary N) is 2. The minimum atomic E-state index is -1.69. The van der Waals surface area contributed by atoms with Gasteiger partial charge in [0, 0.05) is 29.9 Å². The molecule has 0 saturated carbocycles. The van der Waals surface area contributed by atoms with Crippen LogP contribution < -0.4 is 38.1 Å². The van der Waals surface area contributed by atoms with Gasteiger partial charge >= 0.3 is 11.9 Å². The van der Waals surface area contributed by atoms with Gasteiger partial charge in [-0.05, 0) is 35.8 Å². The van der Waals surface area contributed by atoms with Crippen LogP contribution in [0.5, 0.6) is 0 Å². The van der Waals surface area contributed by atoms with E-state index in [2.05, 4.69) is 31.6 Å². The summed E-state index contributed by atoms with van der Waals surface area (Å²) in [7, 11) is 0. The number of carboxylic acids is 2. The quantitative estimate of drug-likeness (QED) is 0.0719. The number of primary amides is 1. The van der Waals surface area contributed by atoms with Gasteiger partial charge < -0.3 is 53.2 Å². The maximum absolute atomic E-state index is 14.1. The molecule has 0 fully saturated rings. The molecule has 2 aromatic rings. The minimum absolute atomic E-state index is 0.0874. The van der Waals surface area contributed by atoms with Gasteiger partial charge in [0.15, 0.2) is 0 Å². The SMILES string of the molecule is CC[C@H](C)[C@H](N)C(=O)N[C@H](C(=O)N[C@@H](Cc1c[nH]c2ccccc12)C(=O)N[C@@H](CCC(=O)O)C(=O)N[C@H](C(=O)N[C@@H](CC(N)=O)C(=O)O)C(C)C)[C@@H](C)CC. The number of carboxylic acid groups (broad SMARTS) is 2. The van der Waals surface area contributed by atoms with E-state index in [0.717, 1.165) is 10.9 Å². The summed E-state index contributed by atoms with van der Waals surface area (Å²) in [6, 6.07) is -0.700. The predicted molar refractivity (Wildman–Crippen MR) is 202 cm³/mol. The molecule has 0 saturated heterocycles. The Labute approximate surface area is 319 Å². The highest BCUT2D eigenvalue weighted by molar-refractivity contribution is 5.97. The molecule has 18 nitrogen and oxygen atoms in total. The molecule has 0 unspecified atom stereocenters. The van der Waals surface area contributed by atoms with Crippen LogP contribution in [0.3, 0.4) is 0 Å². The maximum atomic E-state index is 14.1. The zero-order chi connectivity index (χ0) is 41.6. The number of aromatic nitrogens is 1. The molecule has 2 rings (SSSR count). The summed E-state index contributed by atoms with van der Waals surface area (Å²) in [5.74, 6) is -9.04. The number of fused-ring (bicyclic) bond motifs is 1. The molecule has 1 aromatic carbocycles. The number of amides is 6. The van der Waals surface area contributed by atoms with E-state index in [-0.39, 0.29) is 18.3 Å². The lowest BCUT2D eigenvalue weighted by Crippen LogP contribution is -2.61. The van der Waals surface area contributed by atoms with E-state index in [1.54, 1.807) is 33.0 Å². The predicted octanol–water partition coefficient (Wildman–Crippen LogP) is 0.0347. The zero-order valence-corrected chi connectivity index (χ0v) is 32.1. The first kappa shape index (κ1) is 45.6. The number of para-hydroxylation sites is 1. The third kappa shape index (κ3) is 13.7. The van der Waals surface area contributed by atoms with E-state index >= 15 is 0 Å². The third-order valence-corrected chi connectivity index (χ3v) is 9.63. The van der Waals surface area contributed by atoms with Crippen LogP contribution in [-0.2, 0) is 44.8 Å². The van der Waals surface area contributed by atoms with Crippen LogP contribution in [0.15, 0.2) is 30.5 Å². The van der Waals surface area contributed by atoms with Gasteiger partial charge in [-0.15, -0.1) is 0 Å². The Hall–Kier alpha value is -5.52. The Morgan fingerprint density at radius 3 is 1.82 bits per heavy atom. The highest BCUT2D eigenvalue weighted by Gasteiger charge is 2.36. The molecule has 0 aliphatic rings. The molecule has 304 valence electrons. The average molecular weight is 773 g/mol. The minimum Gasteiger partial charge on any atom is -0.481 e. The van der Waals surface area contributed by atoms with Crippen molar-refractivity contribution in [1.29, 1.82) is 0 Å². The molecular weight excluding hydrogens is 716 g/mol. The first-order valence-corrected chi connectivity index (χ1v) is 18.4. The van der Waals surface area contributed by atoms with Crippen molar-refractivity contribution in [3.63, 3.8) is 0 Å². The van der Waals surface area contributed by atoms with Gasteiger partial charge in [-0.25, -0.2) is 4.79 Å². The van der Waals surface area contributed by atoms with Gasteiger partial charge in [0.05, 0.1) is 12.5 Å². The van der Waals surface area contributed by atoms with Gasteiger partial charge in [0.25, 0.3) is 0 Å². The number of carbonyl (C=O) groups excluding carboxylic acids is 6. The smallest absolute Gasteiger partial charge is 0.326 e. The number of benzene rings is 1. The molecule has 0 aliphatic heterocycles. The fraction of sp³-hybridized carbons (Fsp3) is 0.568. The lowest BCUT2D eigenvalue weighted by molar-refractivity contribution is -0.144. The van der Waals surface area contributed by atoms with Gasteiger partial charge in [-0.2, -0.15) is 0 Å². The van der Waals surface area contributed by atoms with E-state index in [9.17, 15) is 48.6 Å². The molecule has 1 aromatic heterocycles. The molecule has 0 aliphatic carbocycles. The summed E-state index contributed by atoms with van der Waals surface area (Å²) >= 11 is 0. The molecule has 0 spiro atoms. The second-order valence-electron chi connectivity index (χ2n) is 14.2. The lowest BCUT2D eigenvalue weighted by Gasteiger charge is -2.29. The number of carbonyl (C=O) groups is 8. The molecule has 12 N–H and O–H groups in total. The monoisotopic (exact) mass is 772 g/mol. The number of nitrogens with one attached hydrogen (secondary N) is 6. The van der Waals surface area contributed by atoms with Crippen molar-refractivity contribution in [2.24, 2.45) is 29.2 Å². The summed E-state index contributed by atoms with van der Waals surface area (Å²) in [6.45, 7) is 10.4. The topological polar surface area (TPSA) is 305 Å². The molecule has 0 bridgehead atoms. The molecule has 0 radical (unpaired) electrons. The van der Waals surface area contributed by atoms with Crippen molar-refractivity contribution in [3.05, 3.63) is 36.0 Å². The van der Waals surface area contributed by atoms with Crippen LogP contribution in [0.1, 0.15) is 79.2 Å². The van der Waals surface area contributed by atoms with Gasteiger partial charge in [-0.3, -0.25) is 33.6 Å². The lowest BCUT2D eigenvalue weighted by atomic mass is 9.95. The number of rotatable bonds is 23. The largest absolute Gasteiger partial charge is 0.481 e. The number of H-pyrrole nitrogens is 1. The molecule has 55 heavy (non-hydrogen) atoms. The van der Waals surface area contributed by atoms with Gasteiger partial charge in [0.1, 0.15) is 30.2 Å². The standard InChI is InChI=1S/C37H56N8O10/c1-7-19(5)29(39)34(51)45-31(20(6)8-2)36(53)42-25(15-21-17-40-23-12-10-9-11-22(21)23)33(50)41-24(13-14-28(47)48)32(49)44-30(18(3)4)35(52)43-26(37(54)55)16-27(38)46/h9-12,17-20,24-26,29-31,40H,7-8,13-16,39H2,1-6H3,(H2,38,46)(H,41,50)(H,42,53)(H,43,52)(H,44,49)(H,45,51)(H,47,48)(H,54,55)/t19-,20-,24-,25-,26-,29-,30-,31-/m0/s1. The summed E-state index contributed by atoms with van der Waals surface area (Å²) in [6.07, 6.45) is 0.968. The number of hydrogen-bond acceptors (Lipinski definition) is 9. The van der Waals surface area contributed by atoms with Gasteiger partial charge in [-0.1, -0.05) is 72.6 Å². The van der Waals surface area contributed by atoms with Crippen molar-refractivity contribution in [2.45, 2.75) is 116 Å². The van der Waals surface area contributed by atoms with E-state index in [1.165, 1.54) is 0 Å². The Kier molecular flexibility index (Phi) is 17.7. The van der Waals surface area contributed by atoms with E-state index in [4.69, 9.17) is 11.5 Å². The molecule has 6 amide bonds. The van der Waals surface area contributed by atoms with Crippen LogP contribution in [0.4, 0.5) is 0 Å². The Bertz CT molecular complexity index is 1690. The van der Waals surface area contributed by atoms with Crippen molar-refractivity contribution < 1.29 is 48.6 Å². The van der Waals surface area contributed by atoms with E-state index in [0.29, 0.717) is 18.4 Å². The average Bonchev–Trinajstić information content (AvgIpc) is 3.54. The number of aliphatic carboxylic acids is 2. The fourth-order valence-corrected chi connectivity index (χ4v) is 5.72. The van der Waals surface area contributed by atoms with Crippen LogP contribution in [-0.4, -0.2) is 98.8 Å². The Morgan fingerprint density at radius 2 is 1.25 bits per heavy atom. The first-order chi connectivity index (χ1) is 25.8. The summed E-state index contributed by atoms with van der Waals surface area (Å²) in [5.41, 5.74) is 12.7. The fourth-order valence-electron chi connectivity index (χ4n) is 5.72. The van der Waals surface area contributed by atoms with Crippen LogP contribution in [0.25, 0.3) is 10.9 Å². The van der Waals surface area contributed by atoms with Crippen molar-refractivity contribution in [2.75, 3.05) is 0 Å². The normalized spacial score (nSPS) is 15.6. The van der Waals surface area contributed by atoms with E-state index < -0.39 is 109 Å². The molecule has 1 heterocycles. The van der Waals surface area contributed by atoms with Gasteiger partial charge in [0.2, 0.25) is 35.4 Å².